The molecule has 0 aliphatic rings. The molecule has 0 radical (unpaired) electrons. The lowest BCUT2D eigenvalue weighted by molar-refractivity contribution is 1.04. The van der Waals surface area contributed by atoms with Gasteiger partial charge in [-0.2, -0.15) is 0 Å². The van der Waals surface area contributed by atoms with Crippen LogP contribution in [-0.4, -0.2) is 33.0 Å². The molecule has 0 saturated carbocycles. The van der Waals surface area contributed by atoms with Gasteiger partial charge in [-0.15, -0.1) is 11.3 Å². The second-order valence-corrected chi connectivity index (χ2v) is 6.72. The Balaban J connectivity index is 1.53. The molecular weight excluding hydrogens is 344 g/mol. The molecule has 0 atom stereocenters. The number of aryl methyl sites for hydroxylation is 1. The van der Waals surface area contributed by atoms with Gasteiger partial charge in [-0.3, -0.25) is 4.98 Å². The molecule has 4 aromatic rings. The van der Waals surface area contributed by atoms with Gasteiger partial charge in [-0.1, -0.05) is 29.8 Å². The maximum Gasteiger partial charge on any atom is 0.144 e. The van der Waals surface area contributed by atoms with Gasteiger partial charge in [0.1, 0.15) is 22.8 Å². The Morgan fingerprint density at radius 2 is 1.81 bits per heavy atom. The van der Waals surface area contributed by atoms with Crippen LogP contribution in [0.5, 0.6) is 0 Å². The Morgan fingerprint density at radius 3 is 2.62 bits per heavy atom. The highest BCUT2D eigenvalue weighted by Gasteiger charge is 2.12. The summed E-state index contributed by atoms with van der Waals surface area (Å²) in [4.78, 5) is 18.1. The molecule has 6 nitrogen and oxygen atoms in total. The highest BCUT2D eigenvalue weighted by molar-refractivity contribution is 7.17. The van der Waals surface area contributed by atoms with E-state index in [0.29, 0.717) is 13.1 Å². The number of benzene rings is 1. The quantitative estimate of drug-likeness (QED) is 0.505. The summed E-state index contributed by atoms with van der Waals surface area (Å²) in [7, 11) is 0. The average Bonchev–Trinajstić information content (AvgIpc) is 3.12. The predicted molar refractivity (Wildman–Crippen MR) is 107 cm³/mol. The van der Waals surface area contributed by atoms with Crippen molar-refractivity contribution in [3.8, 4) is 11.1 Å². The fourth-order valence-electron chi connectivity index (χ4n) is 2.72. The van der Waals surface area contributed by atoms with Gasteiger partial charge in [0.25, 0.3) is 0 Å². The predicted octanol–water partition coefficient (Wildman–Crippen LogP) is 3.98. The van der Waals surface area contributed by atoms with E-state index in [1.165, 1.54) is 11.1 Å². The van der Waals surface area contributed by atoms with E-state index in [1.54, 1.807) is 36.3 Å². The lowest BCUT2D eigenvalue weighted by Crippen LogP contribution is -2.15. The molecule has 4 rings (SSSR count). The van der Waals surface area contributed by atoms with Gasteiger partial charge in [0.15, 0.2) is 0 Å². The van der Waals surface area contributed by atoms with Crippen LogP contribution in [-0.2, 0) is 0 Å². The molecule has 7 heteroatoms. The third kappa shape index (κ3) is 3.48. The van der Waals surface area contributed by atoms with Gasteiger partial charge in [0.05, 0.1) is 11.6 Å². The largest absolute Gasteiger partial charge is 0.368 e. The lowest BCUT2D eigenvalue weighted by atomic mass is 10.0. The molecule has 0 amide bonds. The molecule has 0 spiro atoms. The summed E-state index contributed by atoms with van der Waals surface area (Å²) < 4.78 is 0. The SMILES string of the molecule is Cc1ccc(-c2csc3ncnc(NCCNc4cnccn4)c23)cc1. The van der Waals surface area contributed by atoms with Crippen LogP contribution in [0, 0.1) is 6.92 Å². The molecule has 0 fully saturated rings. The maximum absolute atomic E-state index is 4.46. The summed E-state index contributed by atoms with van der Waals surface area (Å²) in [5, 5.41) is 9.86. The van der Waals surface area contributed by atoms with E-state index in [1.807, 2.05) is 0 Å². The minimum Gasteiger partial charge on any atom is -0.368 e. The highest BCUT2D eigenvalue weighted by atomic mass is 32.1. The zero-order valence-corrected chi connectivity index (χ0v) is 15.1. The van der Waals surface area contributed by atoms with Crippen LogP contribution in [0.4, 0.5) is 11.6 Å². The van der Waals surface area contributed by atoms with Crippen molar-refractivity contribution in [3.05, 3.63) is 60.1 Å². The number of anilines is 2. The summed E-state index contributed by atoms with van der Waals surface area (Å²) >= 11 is 1.64. The van der Waals surface area contributed by atoms with Crippen LogP contribution in [0.3, 0.4) is 0 Å². The van der Waals surface area contributed by atoms with E-state index in [9.17, 15) is 0 Å². The molecule has 0 aliphatic heterocycles. The smallest absolute Gasteiger partial charge is 0.144 e. The maximum atomic E-state index is 4.46. The number of nitrogens with zero attached hydrogens (tertiary/aromatic N) is 4. The van der Waals surface area contributed by atoms with E-state index in [4.69, 9.17) is 0 Å². The number of thiophene rings is 1. The summed E-state index contributed by atoms with van der Waals surface area (Å²) in [5.41, 5.74) is 3.59. The molecule has 130 valence electrons. The number of hydrogen-bond donors (Lipinski definition) is 2. The molecule has 0 aliphatic carbocycles. The zero-order valence-electron chi connectivity index (χ0n) is 14.3. The van der Waals surface area contributed by atoms with Crippen molar-refractivity contribution >= 4 is 33.2 Å². The molecule has 0 bridgehead atoms. The van der Waals surface area contributed by atoms with Crippen molar-refractivity contribution in [2.75, 3.05) is 23.7 Å². The first kappa shape index (κ1) is 16.4. The Labute approximate surface area is 155 Å². The summed E-state index contributed by atoms with van der Waals surface area (Å²) in [5.74, 6) is 1.62. The molecule has 2 N–H and O–H groups in total. The van der Waals surface area contributed by atoms with E-state index in [0.717, 1.165) is 27.4 Å². The first-order valence-electron chi connectivity index (χ1n) is 8.34. The molecule has 0 saturated heterocycles. The van der Waals surface area contributed by atoms with Crippen LogP contribution >= 0.6 is 11.3 Å². The van der Waals surface area contributed by atoms with Crippen LogP contribution in [0.1, 0.15) is 5.56 Å². The number of aromatic nitrogens is 4. The second kappa shape index (κ2) is 7.45. The van der Waals surface area contributed by atoms with E-state index >= 15 is 0 Å². The summed E-state index contributed by atoms with van der Waals surface area (Å²) in [6.07, 6.45) is 6.64. The third-order valence-corrected chi connectivity index (χ3v) is 4.91. The van der Waals surface area contributed by atoms with Crippen molar-refractivity contribution in [1.29, 1.82) is 0 Å². The number of hydrogen-bond acceptors (Lipinski definition) is 7. The minimum atomic E-state index is 0.714. The topological polar surface area (TPSA) is 75.6 Å². The highest BCUT2D eigenvalue weighted by Crippen LogP contribution is 2.36. The number of fused-ring (bicyclic) bond motifs is 1. The van der Waals surface area contributed by atoms with Crippen molar-refractivity contribution in [3.63, 3.8) is 0 Å². The van der Waals surface area contributed by atoms with Crippen LogP contribution in [0.2, 0.25) is 0 Å². The van der Waals surface area contributed by atoms with Crippen molar-refractivity contribution in [2.24, 2.45) is 0 Å². The molecule has 26 heavy (non-hydrogen) atoms. The number of nitrogens with one attached hydrogen (secondary N) is 2. The lowest BCUT2D eigenvalue weighted by Gasteiger charge is -2.09. The van der Waals surface area contributed by atoms with Crippen LogP contribution < -0.4 is 10.6 Å². The van der Waals surface area contributed by atoms with Gasteiger partial charge < -0.3 is 10.6 Å². The fraction of sp³-hybridized carbons (Fsp3) is 0.158. The Morgan fingerprint density at radius 1 is 0.962 bits per heavy atom. The number of rotatable bonds is 6. The zero-order chi connectivity index (χ0) is 17.8. The molecule has 3 aromatic heterocycles. The molecule has 0 unspecified atom stereocenters. The van der Waals surface area contributed by atoms with E-state index in [-0.39, 0.29) is 0 Å². The van der Waals surface area contributed by atoms with Crippen molar-refractivity contribution in [1.82, 2.24) is 19.9 Å². The normalized spacial score (nSPS) is 10.8. The van der Waals surface area contributed by atoms with E-state index in [2.05, 4.69) is 67.1 Å². The van der Waals surface area contributed by atoms with Crippen LogP contribution in [0.15, 0.2) is 54.6 Å². The van der Waals surface area contributed by atoms with Gasteiger partial charge in [0, 0.05) is 36.4 Å². The first-order valence-corrected chi connectivity index (χ1v) is 9.22. The molecule has 3 heterocycles. The van der Waals surface area contributed by atoms with Crippen molar-refractivity contribution in [2.45, 2.75) is 6.92 Å². The summed E-state index contributed by atoms with van der Waals surface area (Å²) in [6, 6.07) is 8.54. The second-order valence-electron chi connectivity index (χ2n) is 5.86. The van der Waals surface area contributed by atoms with Crippen LogP contribution in [0.25, 0.3) is 21.3 Å². The monoisotopic (exact) mass is 362 g/mol. The molecular formula is C19H18N6S. The summed E-state index contributed by atoms with van der Waals surface area (Å²) in [6.45, 7) is 3.52. The molecule has 1 aromatic carbocycles. The van der Waals surface area contributed by atoms with Crippen molar-refractivity contribution < 1.29 is 0 Å². The Kier molecular flexibility index (Phi) is 4.70. The average molecular weight is 362 g/mol. The minimum absolute atomic E-state index is 0.714. The van der Waals surface area contributed by atoms with Gasteiger partial charge in [0.2, 0.25) is 0 Å². The fourth-order valence-corrected chi connectivity index (χ4v) is 3.63. The standard InChI is InChI=1S/C19H18N6S/c1-13-2-4-14(5-3-13)15-11-26-19-17(15)18(24-12-25-19)23-9-8-22-16-10-20-6-7-21-16/h2-7,10-12H,8-9H2,1H3,(H,21,22)(H,23,24,25). The van der Waals surface area contributed by atoms with Gasteiger partial charge in [-0.25, -0.2) is 15.0 Å². The third-order valence-electron chi connectivity index (χ3n) is 4.02. The Bertz CT molecular complexity index is 998. The van der Waals surface area contributed by atoms with Gasteiger partial charge in [-0.05, 0) is 12.5 Å². The van der Waals surface area contributed by atoms with Gasteiger partial charge >= 0.3 is 0 Å². The van der Waals surface area contributed by atoms with E-state index < -0.39 is 0 Å². The Hall–Kier alpha value is -3.06. The first-order chi connectivity index (χ1) is 12.8.